The minimum atomic E-state index is -1.84. The molecule has 0 aromatic heterocycles. The van der Waals surface area contributed by atoms with Gasteiger partial charge in [-0.15, -0.1) is 0 Å². The molecule has 0 spiro atoms. The van der Waals surface area contributed by atoms with Crippen molar-refractivity contribution in [3.63, 3.8) is 0 Å². The lowest BCUT2D eigenvalue weighted by atomic mass is 9.81. The normalized spacial score (nSPS) is 19.2. The van der Waals surface area contributed by atoms with Crippen molar-refractivity contribution in [3.05, 3.63) is 106 Å². The molecule has 2 unspecified atom stereocenters. The number of ether oxygens (including phenoxy) is 2. The third kappa shape index (κ3) is 8.38. The van der Waals surface area contributed by atoms with E-state index in [2.05, 4.69) is 74.6 Å². The Morgan fingerprint density at radius 1 is 0.882 bits per heavy atom. The Kier molecular flexibility index (Phi) is 11.3. The standard InChI is InChI=1S/C41H48Cl3N3O4/c1-26-11-12-27(2)37(28(26)3)50-22-20-30-13-15-31(16-14-30)34-23-33-24-45-25-35(47(33)39(49)51-40(4,5)41(42,43)44)36(34)38(48)46(32-17-18-32)21-19-29-9-7-6-8-10-29/h6-16,32-33,35,45H,17-25H2,1-5H3. The summed E-state index contributed by atoms with van der Waals surface area (Å²) in [6.45, 7) is 11.6. The van der Waals surface area contributed by atoms with E-state index in [9.17, 15) is 9.59 Å². The monoisotopic (exact) mass is 751 g/mol. The smallest absolute Gasteiger partial charge is 0.411 e. The molecular formula is C41H48Cl3N3O4. The molecule has 1 saturated carbocycles. The number of nitrogens with one attached hydrogen (secondary N) is 1. The van der Waals surface area contributed by atoms with Gasteiger partial charge in [0.25, 0.3) is 5.91 Å². The quantitative estimate of drug-likeness (QED) is 0.199. The van der Waals surface area contributed by atoms with Gasteiger partial charge in [0.15, 0.2) is 5.60 Å². The van der Waals surface area contributed by atoms with Crippen LogP contribution in [0.5, 0.6) is 5.75 Å². The summed E-state index contributed by atoms with van der Waals surface area (Å²) < 4.78 is 10.3. The lowest BCUT2D eigenvalue weighted by molar-refractivity contribution is -0.128. The van der Waals surface area contributed by atoms with Gasteiger partial charge in [-0.05, 0) is 99.3 Å². The molecule has 1 aliphatic carbocycles. The molecule has 2 aliphatic heterocycles. The predicted molar refractivity (Wildman–Crippen MR) is 206 cm³/mol. The van der Waals surface area contributed by atoms with Gasteiger partial charge < -0.3 is 19.7 Å². The van der Waals surface area contributed by atoms with Crippen LogP contribution in [0.4, 0.5) is 4.79 Å². The number of fused-ring (bicyclic) bond motifs is 2. The highest BCUT2D eigenvalue weighted by Crippen LogP contribution is 2.43. The van der Waals surface area contributed by atoms with Crippen LogP contribution in [0.25, 0.3) is 5.57 Å². The molecule has 1 N–H and O–H groups in total. The van der Waals surface area contributed by atoms with Crippen molar-refractivity contribution in [3.8, 4) is 5.75 Å². The van der Waals surface area contributed by atoms with Crippen molar-refractivity contribution in [1.82, 2.24) is 15.1 Å². The minimum Gasteiger partial charge on any atom is -0.493 e. The van der Waals surface area contributed by atoms with Crippen molar-refractivity contribution >= 4 is 52.4 Å². The van der Waals surface area contributed by atoms with E-state index < -0.39 is 21.5 Å². The molecule has 0 radical (unpaired) electrons. The summed E-state index contributed by atoms with van der Waals surface area (Å²) in [4.78, 5) is 32.6. The van der Waals surface area contributed by atoms with Crippen LogP contribution in [-0.4, -0.2) is 75.6 Å². The van der Waals surface area contributed by atoms with Crippen molar-refractivity contribution in [2.24, 2.45) is 0 Å². The molecule has 272 valence electrons. The molecule has 51 heavy (non-hydrogen) atoms. The lowest BCUT2D eigenvalue weighted by Gasteiger charge is -2.48. The van der Waals surface area contributed by atoms with E-state index in [4.69, 9.17) is 44.3 Å². The van der Waals surface area contributed by atoms with E-state index >= 15 is 0 Å². The van der Waals surface area contributed by atoms with Gasteiger partial charge in [0.05, 0.1) is 18.7 Å². The number of hydrogen-bond acceptors (Lipinski definition) is 5. The lowest BCUT2D eigenvalue weighted by Crippen LogP contribution is -2.64. The zero-order valence-corrected chi connectivity index (χ0v) is 32.4. The fraction of sp³-hybridized carbons (Fsp3) is 0.463. The highest BCUT2D eigenvalue weighted by molar-refractivity contribution is 6.68. The second-order valence-electron chi connectivity index (χ2n) is 14.6. The highest BCUT2D eigenvalue weighted by atomic mass is 35.6. The van der Waals surface area contributed by atoms with Crippen LogP contribution < -0.4 is 10.1 Å². The number of alkyl halides is 3. The van der Waals surface area contributed by atoms with Gasteiger partial charge in [-0.3, -0.25) is 9.69 Å². The molecule has 1 saturated heterocycles. The van der Waals surface area contributed by atoms with Gasteiger partial charge in [-0.25, -0.2) is 4.79 Å². The van der Waals surface area contributed by atoms with Crippen LogP contribution in [0.2, 0.25) is 0 Å². The topological polar surface area (TPSA) is 71.1 Å². The summed E-state index contributed by atoms with van der Waals surface area (Å²) >= 11 is 18.7. The first-order chi connectivity index (χ1) is 24.2. The van der Waals surface area contributed by atoms with Crippen LogP contribution >= 0.6 is 34.8 Å². The minimum absolute atomic E-state index is 0.0320. The molecule has 3 aromatic carbocycles. The zero-order valence-electron chi connectivity index (χ0n) is 30.1. The van der Waals surface area contributed by atoms with Gasteiger partial charge in [0.1, 0.15) is 5.75 Å². The second kappa shape index (κ2) is 15.4. The maximum atomic E-state index is 14.9. The number of hydrogen-bond donors (Lipinski definition) is 1. The molecule has 2 bridgehead atoms. The van der Waals surface area contributed by atoms with Crippen LogP contribution in [0.3, 0.4) is 0 Å². The molecule has 2 fully saturated rings. The largest absolute Gasteiger partial charge is 0.493 e. The van der Waals surface area contributed by atoms with E-state index in [1.54, 1.807) is 18.7 Å². The summed E-state index contributed by atoms with van der Waals surface area (Å²) in [6.07, 6.45) is 3.33. The summed E-state index contributed by atoms with van der Waals surface area (Å²) in [5, 5.41) is 3.47. The Balaban J connectivity index is 1.30. The van der Waals surface area contributed by atoms with E-state index in [0.717, 1.165) is 53.7 Å². The van der Waals surface area contributed by atoms with E-state index in [1.165, 1.54) is 16.7 Å². The van der Waals surface area contributed by atoms with E-state index in [0.29, 0.717) is 38.2 Å². The number of carbonyl (C=O) groups is 2. The fourth-order valence-electron chi connectivity index (χ4n) is 7.12. The second-order valence-corrected chi connectivity index (χ2v) is 16.9. The first kappa shape index (κ1) is 37.5. The Hall–Kier alpha value is -3.23. The van der Waals surface area contributed by atoms with Crippen molar-refractivity contribution in [1.29, 1.82) is 0 Å². The number of carbonyl (C=O) groups excluding carboxylic acids is 2. The fourth-order valence-corrected chi connectivity index (χ4v) is 7.24. The van der Waals surface area contributed by atoms with Crippen LogP contribution in [0.15, 0.2) is 72.3 Å². The summed E-state index contributed by atoms with van der Waals surface area (Å²) in [6, 6.07) is 22.3. The summed E-state index contributed by atoms with van der Waals surface area (Å²) in [5.74, 6) is 0.922. The van der Waals surface area contributed by atoms with Gasteiger partial charge in [0.2, 0.25) is 3.79 Å². The molecule has 10 heteroatoms. The number of nitrogens with zero attached hydrogens (tertiary/aromatic N) is 2. The Morgan fingerprint density at radius 2 is 1.55 bits per heavy atom. The van der Waals surface area contributed by atoms with Crippen molar-refractivity contribution in [2.75, 3.05) is 26.2 Å². The average Bonchev–Trinajstić information content (AvgIpc) is 3.93. The first-order valence-electron chi connectivity index (χ1n) is 17.9. The molecule has 3 aromatic rings. The number of halogens is 3. The van der Waals surface area contributed by atoms with E-state index in [1.807, 2.05) is 23.1 Å². The average molecular weight is 753 g/mol. The summed E-state index contributed by atoms with van der Waals surface area (Å²) in [5.41, 5.74) is 7.04. The molecule has 3 aliphatic rings. The van der Waals surface area contributed by atoms with Crippen LogP contribution in [0, 0.1) is 20.8 Å². The Labute approximate surface area is 317 Å². The number of benzene rings is 3. The maximum Gasteiger partial charge on any atom is 0.411 e. The number of rotatable bonds is 11. The third-order valence-electron chi connectivity index (χ3n) is 10.6. The van der Waals surface area contributed by atoms with Crippen molar-refractivity contribution in [2.45, 2.75) is 94.2 Å². The first-order valence-corrected chi connectivity index (χ1v) is 19.0. The Bertz CT molecular complexity index is 1770. The molecule has 7 nitrogen and oxygen atoms in total. The third-order valence-corrected chi connectivity index (χ3v) is 11.9. The number of aryl methyl sites for hydroxylation is 2. The predicted octanol–water partition coefficient (Wildman–Crippen LogP) is 8.55. The molecule has 6 rings (SSSR count). The molecule has 2 amide bonds. The Morgan fingerprint density at radius 3 is 2.22 bits per heavy atom. The molecule has 2 atom stereocenters. The molecule has 2 heterocycles. The SMILES string of the molecule is Cc1ccc(C)c(OCCc2ccc(C3=C(C(=O)N(CCc4ccccc4)C4CC4)C4CNCC(C3)N4C(=O)OC(C)(C)C(Cl)(Cl)Cl)cc2)c1C. The van der Waals surface area contributed by atoms with Gasteiger partial charge in [0, 0.05) is 37.7 Å². The number of amides is 2. The van der Waals surface area contributed by atoms with E-state index in [-0.39, 0.29) is 18.0 Å². The van der Waals surface area contributed by atoms with Gasteiger partial charge >= 0.3 is 6.09 Å². The van der Waals surface area contributed by atoms with Gasteiger partial charge in [-0.2, -0.15) is 0 Å². The van der Waals surface area contributed by atoms with Crippen LogP contribution in [-0.2, 0) is 22.4 Å². The highest BCUT2D eigenvalue weighted by Gasteiger charge is 2.50. The maximum absolute atomic E-state index is 14.9. The van der Waals surface area contributed by atoms with Gasteiger partial charge in [-0.1, -0.05) is 102 Å². The van der Waals surface area contributed by atoms with Crippen molar-refractivity contribution < 1.29 is 19.1 Å². The summed E-state index contributed by atoms with van der Waals surface area (Å²) in [7, 11) is 0. The molecular weight excluding hydrogens is 705 g/mol. The number of piperazine rings is 1. The van der Waals surface area contributed by atoms with Crippen LogP contribution in [0.1, 0.15) is 66.5 Å². The zero-order chi connectivity index (χ0) is 36.5.